The Bertz CT molecular complexity index is 1530. The largest absolute Gasteiger partial charge is 0.361 e. The number of para-hydroxylation sites is 1. The van der Waals surface area contributed by atoms with Gasteiger partial charge in [0.15, 0.2) is 5.71 Å². The topological polar surface area (TPSA) is 178 Å². The zero-order valence-corrected chi connectivity index (χ0v) is 21.2. The van der Waals surface area contributed by atoms with Gasteiger partial charge in [-0.3, -0.25) is 13.7 Å². The van der Waals surface area contributed by atoms with Crippen LogP contribution in [-0.2, 0) is 35.8 Å². The molecule has 0 saturated heterocycles. The molecule has 0 radical (unpaired) electrons. The fourth-order valence-corrected chi connectivity index (χ4v) is 6.05. The van der Waals surface area contributed by atoms with Crippen molar-refractivity contribution in [3.05, 3.63) is 60.3 Å². The third-order valence-corrected chi connectivity index (χ3v) is 8.04. The normalized spacial score (nSPS) is 16.0. The number of allylic oxidation sites excluding steroid dienone is 1. The van der Waals surface area contributed by atoms with E-state index in [-0.39, 0.29) is 24.2 Å². The average molecular weight is 546 g/mol. The van der Waals surface area contributed by atoms with E-state index in [0.29, 0.717) is 11.8 Å². The first-order valence-electron chi connectivity index (χ1n) is 10.2. The summed E-state index contributed by atoms with van der Waals surface area (Å²) < 4.78 is 101. The molecule has 0 fully saturated rings. The van der Waals surface area contributed by atoms with Gasteiger partial charge in [0.2, 0.25) is 5.69 Å². The molecule has 3 rings (SSSR count). The van der Waals surface area contributed by atoms with Crippen LogP contribution in [0.1, 0.15) is 25.8 Å². The lowest BCUT2D eigenvalue weighted by atomic mass is 9.81. The number of anilines is 1. The first kappa shape index (κ1) is 27.0. The molecule has 0 aromatic heterocycles. The zero-order chi connectivity index (χ0) is 26.2. The van der Waals surface area contributed by atoms with E-state index in [4.69, 9.17) is 4.55 Å². The van der Waals surface area contributed by atoms with E-state index in [1.807, 2.05) is 30.3 Å². The van der Waals surface area contributed by atoms with Gasteiger partial charge in [-0.1, -0.05) is 18.2 Å². The van der Waals surface area contributed by atoms with Crippen LogP contribution >= 0.6 is 0 Å². The standard InChI is InChI=1S/C21H24N2O9S3/c1-21(2)19(9-10-22-15-7-4-3-5-8-15)23(11-6-12-33(24,25)26)17-13-16(34(27,28)29)14-18(20(17)21)35(30,31)32/h3-5,7-10,13-14H,6,11-12H2,1-2H3,(H3,24,25,26,27,28,29,30,31,32)/p+1. The summed E-state index contributed by atoms with van der Waals surface area (Å²) in [7, 11) is -14.1. The molecule has 0 bridgehead atoms. The summed E-state index contributed by atoms with van der Waals surface area (Å²) in [5.74, 6) is -0.596. The lowest BCUT2D eigenvalue weighted by molar-refractivity contribution is -0.437. The summed E-state index contributed by atoms with van der Waals surface area (Å²) in [5.41, 5.74) is 0.211. The molecule has 35 heavy (non-hydrogen) atoms. The molecule has 190 valence electrons. The molecule has 0 saturated carbocycles. The van der Waals surface area contributed by atoms with Gasteiger partial charge in [0.1, 0.15) is 16.3 Å². The highest BCUT2D eigenvalue weighted by Crippen LogP contribution is 2.45. The fraction of sp³-hybridized carbons (Fsp3) is 0.286. The van der Waals surface area contributed by atoms with Gasteiger partial charge in [0.05, 0.1) is 16.7 Å². The van der Waals surface area contributed by atoms with Gasteiger partial charge in [-0.2, -0.15) is 29.8 Å². The molecule has 14 heteroatoms. The minimum Gasteiger partial charge on any atom is -0.361 e. The number of fused-ring (bicyclic) bond motifs is 1. The molecule has 1 aliphatic heterocycles. The number of rotatable bonds is 9. The van der Waals surface area contributed by atoms with Gasteiger partial charge in [-0.05, 0) is 32.0 Å². The van der Waals surface area contributed by atoms with Crippen molar-refractivity contribution in [1.29, 1.82) is 0 Å². The Morgan fingerprint density at radius 2 is 1.57 bits per heavy atom. The number of nitrogens with one attached hydrogen (secondary N) is 1. The molecule has 0 aliphatic carbocycles. The molecular formula is C21H25N2O9S3+. The van der Waals surface area contributed by atoms with E-state index in [9.17, 15) is 34.4 Å². The van der Waals surface area contributed by atoms with E-state index in [1.165, 1.54) is 4.58 Å². The first-order valence-corrected chi connectivity index (χ1v) is 14.7. The Hall–Kier alpha value is -2.62. The smallest absolute Gasteiger partial charge is 0.295 e. The molecule has 4 N–H and O–H groups in total. The Balaban J connectivity index is 2.23. The minimum absolute atomic E-state index is 0.0486. The number of hydrogen-bond acceptors (Lipinski definition) is 7. The van der Waals surface area contributed by atoms with Gasteiger partial charge in [-0.15, -0.1) is 0 Å². The van der Waals surface area contributed by atoms with Crippen molar-refractivity contribution in [2.75, 3.05) is 17.6 Å². The summed E-state index contributed by atoms with van der Waals surface area (Å²) in [6, 6.07) is 10.8. The number of hydrogen-bond donors (Lipinski definition) is 4. The van der Waals surface area contributed by atoms with Crippen molar-refractivity contribution >= 4 is 47.4 Å². The highest BCUT2D eigenvalue weighted by molar-refractivity contribution is 7.86. The second-order valence-electron chi connectivity index (χ2n) is 8.41. The minimum atomic E-state index is -4.93. The van der Waals surface area contributed by atoms with Crippen LogP contribution in [0.4, 0.5) is 11.4 Å². The van der Waals surface area contributed by atoms with Crippen LogP contribution in [0.25, 0.3) is 0 Å². The first-order chi connectivity index (χ1) is 16.0. The van der Waals surface area contributed by atoms with E-state index in [1.54, 1.807) is 26.1 Å². The Morgan fingerprint density at radius 1 is 0.943 bits per heavy atom. The predicted octanol–water partition coefficient (Wildman–Crippen LogP) is 2.46. The SMILES string of the molecule is CC1(C)C(/C=C/Nc2ccccc2)=[N+](CCCS(=O)(=O)O)c2cc(S(=O)(=O)O)cc(S(=O)(=O)O)c21. The summed E-state index contributed by atoms with van der Waals surface area (Å²) in [5, 5.41) is 3.05. The maximum atomic E-state index is 12.2. The van der Waals surface area contributed by atoms with Crippen molar-refractivity contribution < 1.29 is 43.5 Å². The predicted molar refractivity (Wildman–Crippen MR) is 129 cm³/mol. The molecule has 0 amide bonds. The van der Waals surface area contributed by atoms with Gasteiger partial charge in [-0.25, -0.2) is 0 Å². The molecule has 2 aromatic carbocycles. The number of benzene rings is 2. The van der Waals surface area contributed by atoms with Crippen LogP contribution in [0.15, 0.2) is 64.5 Å². The fourth-order valence-electron chi connectivity index (χ4n) is 4.06. The second kappa shape index (κ2) is 9.44. The van der Waals surface area contributed by atoms with Crippen LogP contribution in [0, 0.1) is 0 Å². The molecule has 11 nitrogen and oxygen atoms in total. The van der Waals surface area contributed by atoms with Crippen molar-refractivity contribution in [2.45, 2.75) is 35.5 Å². The molecular weight excluding hydrogens is 520 g/mol. The molecule has 1 aliphatic rings. The number of nitrogens with zero attached hydrogens (tertiary/aromatic N) is 1. The van der Waals surface area contributed by atoms with E-state index < -0.39 is 51.3 Å². The van der Waals surface area contributed by atoms with Gasteiger partial charge in [0.25, 0.3) is 30.4 Å². The van der Waals surface area contributed by atoms with Crippen LogP contribution in [0.5, 0.6) is 0 Å². The maximum Gasteiger partial charge on any atom is 0.295 e. The summed E-state index contributed by atoms with van der Waals surface area (Å²) in [6.07, 6.45) is 3.10. The van der Waals surface area contributed by atoms with Gasteiger partial charge in [0, 0.05) is 30.5 Å². The molecule has 1 heterocycles. The second-order valence-corrected chi connectivity index (χ2v) is 12.8. The summed E-state index contributed by atoms with van der Waals surface area (Å²) >= 11 is 0. The van der Waals surface area contributed by atoms with E-state index in [2.05, 4.69) is 5.32 Å². The lowest BCUT2D eigenvalue weighted by Gasteiger charge is -2.18. The molecule has 0 atom stereocenters. The van der Waals surface area contributed by atoms with Crippen LogP contribution in [0.2, 0.25) is 0 Å². The quantitative estimate of drug-likeness (QED) is 0.270. The van der Waals surface area contributed by atoms with Gasteiger partial charge >= 0.3 is 0 Å². The van der Waals surface area contributed by atoms with E-state index in [0.717, 1.165) is 11.8 Å². The maximum absolute atomic E-state index is 12.2. The van der Waals surface area contributed by atoms with Crippen molar-refractivity contribution in [1.82, 2.24) is 0 Å². The Morgan fingerprint density at radius 3 is 2.11 bits per heavy atom. The van der Waals surface area contributed by atoms with Crippen LogP contribution < -0.4 is 5.32 Å². The monoisotopic (exact) mass is 545 g/mol. The summed E-state index contributed by atoms with van der Waals surface area (Å²) in [6.45, 7) is 3.25. The third-order valence-electron chi connectivity index (χ3n) is 5.53. The highest BCUT2D eigenvalue weighted by Gasteiger charge is 2.48. The van der Waals surface area contributed by atoms with Gasteiger partial charge < -0.3 is 5.32 Å². The Kier molecular flexibility index (Phi) is 7.28. The molecule has 0 spiro atoms. The summed E-state index contributed by atoms with van der Waals surface area (Å²) in [4.78, 5) is -1.46. The molecule has 0 unspecified atom stereocenters. The highest BCUT2D eigenvalue weighted by atomic mass is 32.2. The van der Waals surface area contributed by atoms with Crippen molar-refractivity contribution in [3.63, 3.8) is 0 Å². The average Bonchev–Trinajstić information content (AvgIpc) is 2.93. The lowest BCUT2D eigenvalue weighted by Crippen LogP contribution is -2.29. The van der Waals surface area contributed by atoms with E-state index >= 15 is 0 Å². The van der Waals surface area contributed by atoms with Crippen molar-refractivity contribution in [2.24, 2.45) is 0 Å². The zero-order valence-electron chi connectivity index (χ0n) is 18.8. The van der Waals surface area contributed by atoms with Crippen molar-refractivity contribution in [3.8, 4) is 0 Å². The third kappa shape index (κ3) is 6.15. The Labute approximate surface area is 204 Å². The molecule has 2 aromatic rings. The van der Waals surface area contributed by atoms with Crippen LogP contribution in [-0.4, -0.2) is 61.5 Å². The van der Waals surface area contributed by atoms with Crippen LogP contribution in [0.3, 0.4) is 0 Å².